The molecule has 1 spiro atoms. The number of alkyl halides is 2. The summed E-state index contributed by atoms with van der Waals surface area (Å²) in [5.74, 6) is -3.16. The second-order valence-corrected chi connectivity index (χ2v) is 10.6. The van der Waals surface area contributed by atoms with Crippen molar-refractivity contribution >= 4 is 11.7 Å². The monoisotopic (exact) mass is 483 g/mol. The minimum Gasteiger partial charge on any atom is -0.391 e. The molecule has 1 saturated heterocycles. The average molecular weight is 484 g/mol. The van der Waals surface area contributed by atoms with Crippen LogP contribution in [0.5, 0.6) is 0 Å². The number of halogens is 3. The lowest BCUT2D eigenvalue weighted by Crippen LogP contribution is -2.48. The maximum atomic E-state index is 15.3. The van der Waals surface area contributed by atoms with E-state index in [9.17, 15) is 18.7 Å². The van der Waals surface area contributed by atoms with Gasteiger partial charge in [-0.25, -0.2) is 23.1 Å². The summed E-state index contributed by atoms with van der Waals surface area (Å²) in [4.78, 5) is 21.2. The number of likely N-dealkylation sites (tertiary alicyclic amines) is 1. The number of hydrogen-bond donors (Lipinski definition) is 3. The van der Waals surface area contributed by atoms with E-state index in [0.717, 1.165) is 19.3 Å². The third-order valence-electron chi connectivity index (χ3n) is 8.30. The average Bonchev–Trinajstić information content (AvgIpc) is 3.32. The number of anilines is 1. The van der Waals surface area contributed by atoms with Gasteiger partial charge in [-0.3, -0.25) is 9.69 Å². The molecule has 4 N–H and O–H groups in total. The molecule has 0 radical (unpaired) electrons. The zero-order chi connectivity index (χ0) is 24.5. The smallest absolute Gasteiger partial charge is 0.254 e. The molecule has 2 heterocycles. The van der Waals surface area contributed by atoms with E-state index in [1.807, 2.05) is 11.8 Å². The summed E-state index contributed by atoms with van der Waals surface area (Å²) in [5.41, 5.74) is 4.84. The largest absolute Gasteiger partial charge is 0.391 e. The number of carbonyl (C=O) groups excluding carboxylic acids is 1. The van der Waals surface area contributed by atoms with Crippen molar-refractivity contribution in [2.24, 2.45) is 23.0 Å². The van der Waals surface area contributed by atoms with Crippen molar-refractivity contribution < 1.29 is 23.1 Å². The zero-order valence-corrected chi connectivity index (χ0v) is 19.8. The van der Waals surface area contributed by atoms with Gasteiger partial charge in [-0.15, -0.1) is 0 Å². The van der Waals surface area contributed by atoms with Crippen molar-refractivity contribution in [1.82, 2.24) is 14.9 Å². The van der Waals surface area contributed by atoms with Gasteiger partial charge in [0.25, 0.3) is 5.92 Å². The van der Waals surface area contributed by atoms with Gasteiger partial charge in [-0.05, 0) is 57.4 Å². The van der Waals surface area contributed by atoms with Crippen molar-refractivity contribution in [1.29, 1.82) is 0 Å². The van der Waals surface area contributed by atoms with Crippen LogP contribution < -0.4 is 11.1 Å². The van der Waals surface area contributed by atoms with Crippen molar-refractivity contribution in [3.63, 3.8) is 0 Å². The quantitative estimate of drug-likeness (QED) is 0.498. The SMILES string of the molecule is CCC(CC1CCC2(CC1)CC2(F)F)c1ncnc(NC[C@@H]2CCN(CC(N)=O)C[C@H]2O)c1F. The zero-order valence-electron chi connectivity index (χ0n) is 19.8. The molecule has 2 aliphatic carbocycles. The Labute approximate surface area is 198 Å². The number of rotatable bonds is 9. The van der Waals surface area contributed by atoms with E-state index < -0.39 is 29.2 Å². The number of nitrogens with one attached hydrogen (secondary N) is 1. The number of carbonyl (C=O) groups is 1. The molecule has 2 saturated carbocycles. The molecule has 7 nitrogen and oxygen atoms in total. The Hall–Kier alpha value is -1.94. The number of nitrogens with two attached hydrogens (primary N) is 1. The molecule has 190 valence electrons. The Kier molecular flexibility index (Phi) is 7.38. The van der Waals surface area contributed by atoms with Crippen LogP contribution in [-0.4, -0.2) is 64.1 Å². The minimum atomic E-state index is -2.49. The highest BCUT2D eigenvalue weighted by molar-refractivity contribution is 5.75. The van der Waals surface area contributed by atoms with Crippen molar-refractivity contribution in [2.75, 3.05) is 31.5 Å². The number of β-amino-alcohol motifs (C(OH)–C–C–N with tert-alkyl or cyclic N) is 1. The van der Waals surface area contributed by atoms with Gasteiger partial charge in [0.2, 0.25) is 5.91 Å². The molecule has 1 aromatic rings. The van der Waals surface area contributed by atoms with Crippen molar-refractivity contribution in [2.45, 2.75) is 76.2 Å². The van der Waals surface area contributed by atoms with Gasteiger partial charge in [0.1, 0.15) is 6.33 Å². The lowest BCUT2D eigenvalue weighted by molar-refractivity contribution is -0.120. The van der Waals surface area contributed by atoms with Gasteiger partial charge >= 0.3 is 0 Å². The van der Waals surface area contributed by atoms with E-state index in [2.05, 4.69) is 15.3 Å². The lowest BCUT2D eigenvalue weighted by atomic mass is 9.75. The maximum Gasteiger partial charge on any atom is 0.254 e. The molecule has 3 aliphatic rings. The predicted molar refractivity (Wildman–Crippen MR) is 122 cm³/mol. The molecule has 1 unspecified atom stereocenters. The highest BCUT2D eigenvalue weighted by Crippen LogP contribution is 2.68. The number of piperidine rings is 1. The molecular weight excluding hydrogens is 447 g/mol. The summed E-state index contributed by atoms with van der Waals surface area (Å²) in [7, 11) is 0. The Bertz CT molecular complexity index is 878. The normalized spacial score (nSPS) is 31.9. The highest BCUT2D eigenvalue weighted by atomic mass is 19.3. The molecular formula is C24H36F3N5O2. The van der Waals surface area contributed by atoms with E-state index >= 15 is 4.39 Å². The summed E-state index contributed by atoms with van der Waals surface area (Å²) in [6.07, 6.45) is 5.47. The third kappa shape index (κ3) is 5.32. The van der Waals surface area contributed by atoms with Crippen LogP contribution in [0.2, 0.25) is 0 Å². The first-order chi connectivity index (χ1) is 16.1. The van der Waals surface area contributed by atoms with Crippen LogP contribution >= 0.6 is 0 Å². The number of aliphatic hydroxyl groups excluding tert-OH is 1. The van der Waals surface area contributed by atoms with Gasteiger partial charge in [0.15, 0.2) is 11.6 Å². The van der Waals surface area contributed by atoms with Gasteiger partial charge in [0, 0.05) is 36.8 Å². The molecule has 3 atom stereocenters. The second-order valence-electron chi connectivity index (χ2n) is 10.6. The number of amides is 1. The summed E-state index contributed by atoms with van der Waals surface area (Å²) in [6.45, 7) is 3.45. The van der Waals surface area contributed by atoms with E-state index in [1.54, 1.807) is 0 Å². The number of aromatic nitrogens is 2. The first-order valence-electron chi connectivity index (χ1n) is 12.4. The summed E-state index contributed by atoms with van der Waals surface area (Å²) < 4.78 is 42.7. The Morgan fingerprint density at radius 2 is 2.03 bits per heavy atom. The second kappa shape index (κ2) is 9.97. The summed E-state index contributed by atoms with van der Waals surface area (Å²) in [5, 5.41) is 13.5. The molecule has 0 bridgehead atoms. The Balaban J connectivity index is 1.32. The number of nitrogens with zero attached hydrogens (tertiary/aromatic N) is 3. The van der Waals surface area contributed by atoms with Crippen LogP contribution in [0, 0.1) is 23.1 Å². The number of aliphatic hydroxyl groups is 1. The minimum absolute atomic E-state index is 0.0262. The Morgan fingerprint density at radius 3 is 2.62 bits per heavy atom. The summed E-state index contributed by atoms with van der Waals surface area (Å²) in [6, 6.07) is 0. The van der Waals surface area contributed by atoms with Crippen molar-refractivity contribution in [3.05, 3.63) is 17.8 Å². The predicted octanol–water partition coefficient (Wildman–Crippen LogP) is 3.30. The highest BCUT2D eigenvalue weighted by Gasteiger charge is 2.70. The summed E-state index contributed by atoms with van der Waals surface area (Å²) >= 11 is 0. The molecule has 4 rings (SSSR count). The Morgan fingerprint density at radius 1 is 1.32 bits per heavy atom. The van der Waals surface area contributed by atoms with Gasteiger partial charge in [-0.1, -0.05) is 6.92 Å². The fourth-order valence-electron chi connectivity index (χ4n) is 5.93. The first kappa shape index (κ1) is 25.2. The molecule has 34 heavy (non-hydrogen) atoms. The van der Waals surface area contributed by atoms with Crippen LogP contribution in [0.25, 0.3) is 0 Å². The van der Waals surface area contributed by atoms with E-state index in [1.165, 1.54) is 6.33 Å². The van der Waals surface area contributed by atoms with Gasteiger partial charge in [0.05, 0.1) is 18.3 Å². The molecule has 10 heteroatoms. The fourth-order valence-corrected chi connectivity index (χ4v) is 5.93. The molecule has 3 fully saturated rings. The van der Waals surface area contributed by atoms with E-state index in [4.69, 9.17) is 5.73 Å². The number of hydrogen-bond acceptors (Lipinski definition) is 6. The fraction of sp³-hybridized carbons (Fsp3) is 0.792. The van der Waals surface area contributed by atoms with Gasteiger partial charge in [-0.2, -0.15) is 0 Å². The van der Waals surface area contributed by atoms with Crippen LogP contribution in [0.4, 0.5) is 19.0 Å². The van der Waals surface area contributed by atoms with Crippen LogP contribution in [-0.2, 0) is 4.79 Å². The third-order valence-corrected chi connectivity index (χ3v) is 8.30. The number of primary amides is 1. The van der Waals surface area contributed by atoms with Crippen LogP contribution in [0.3, 0.4) is 0 Å². The van der Waals surface area contributed by atoms with Crippen LogP contribution in [0.15, 0.2) is 6.33 Å². The first-order valence-corrected chi connectivity index (χ1v) is 12.4. The topological polar surface area (TPSA) is 104 Å². The van der Waals surface area contributed by atoms with E-state index in [-0.39, 0.29) is 30.6 Å². The maximum absolute atomic E-state index is 15.3. The molecule has 1 aliphatic heterocycles. The molecule has 0 aromatic carbocycles. The molecule has 1 amide bonds. The van der Waals surface area contributed by atoms with Gasteiger partial charge < -0.3 is 16.2 Å². The standard InChI is InChI=1S/C24H36F3N5O2/c1-2-16(9-15-3-6-23(7-4-15)13-24(23,26)27)21-20(25)22(31-14-30-21)29-10-17-5-8-32(11-18(17)33)12-19(28)34/h14-18,33H,2-13H2,1H3,(H2,28,34)(H,29,30,31)/t15?,16?,17-,18+,23?/m0/s1. The van der Waals surface area contributed by atoms with E-state index in [0.29, 0.717) is 56.9 Å². The van der Waals surface area contributed by atoms with Crippen LogP contribution in [0.1, 0.15) is 69.9 Å². The van der Waals surface area contributed by atoms with Crippen molar-refractivity contribution in [3.8, 4) is 0 Å². The molecule has 1 aromatic heterocycles. The lowest BCUT2D eigenvalue weighted by Gasteiger charge is -2.35.